The molecule has 0 spiro atoms. The van der Waals surface area contributed by atoms with Crippen molar-refractivity contribution in [3.8, 4) is 0 Å². The van der Waals surface area contributed by atoms with Crippen molar-refractivity contribution in [2.45, 2.75) is 19.8 Å². The Morgan fingerprint density at radius 1 is 1.41 bits per heavy atom. The minimum Gasteiger partial charge on any atom is -0.399 e. The van der Waals surface area contributed by atoms with Gasteiger partial charge in [-0.1, -0.05) is 0 Å². The van der Waals surface area contributed by atoms with Gasteiger partial charge in [-0.25, -0.2) is 0 Å². The Kier molecular flexibility index (Phi) is 3.52. The Balaban J connectivity index is 2.33. The highest BCUT2D eigenvalue weighted by Crippen LogP contribution is 2.26. The molecule has 3 N–H and O–H groups in total. The molecule has 4 nitrogen and oxygen atoms in total. The van der Waals surface area contributed by atoms with Crippen LogP contribution >= 0.6 is 0 Å². The number of rotatable bonds is 3. The van der Waals surface area contributed by atoms with Gasteiger partial charge >= 0.3 is 0 Å². The summed E-state index contributed by atoms with van der Waals surface area (Å²) in [4.78, 5) is 14.2. The molecule has 1 saturated heterocycles. The Morgan fingerprint density at radius 2 is 2.12 bits per heavy atom. The van der Waals surface area contributed by atoms with E-state index in [0.717, 1.165) is 18.8 Å². The molecule has 1 aliphatic heterocycles. The van der Waals surface area contributed by atoms with Gasteiger partial charge in [-0.05, 0) is 38.0 Å². The third-order valence-electron chi connectivity index (χ3n) is 3.05. The molecule has 92 valence electrons. The maximum atomic E-state index is 12.0. The number of anilines is 2. The van der Waals surface area contributed by atoms with Gasteiger partial charge in [-0.3, -0.25) is 4.79 Å². The SMILES string of the molecule is CCNC(=O)c1cc(N)ccc1N1CCCC1. The number of nitrogens with two attached hydrogens (primary N) is 1. The van der Waals surface area contributed by atoms with E-state index in [1.807, 2.05) is 19.1 Å². The average Bonchev–Trinajstić information content (AvgIpc) is 2.82. The molecule has 0 atom stereocenters. The number of nitrogens with one attached hydrogen (secondary N) is 1. The van der Waals surface area contributed by atoms with Crippen LogP contribution in [0, 0.1) is 0 Å². The van der Waals surface area contributed by atoms with Crippen molar-refractivity contribution >= 4 is 17.3 Å². The number of carbonyl (C=O) groups is 1. The molecule has 1 aromatic carbocycles. The minimum atomic E-state index is -0.0401. The molecule has 0 saturated carbocycles. The molecule has 0 radical (unpaired) electrons. The van der Waals surface area contributed by atoms with E-state index in [9.17, 15) is 4.79 Å². The lowest BCUT2D eigenvalue weighted by Gasteiger charge is -2.21. The zero-order chi connectivity index (χ0) is 12.3. The first-order valence-corrected chi connectivity index (χ1v) is 6.15. The van der Waals surface area contributed by atoms with Crippen LogP contribution in [-0.2, 0) is 0 Å². The number of amides is 1. The summed E-state index contributed by atoms with van der Waals surface area (Å²) in [7, 11) is 0. The molecule has 1 aromatic rings. The van der Waals surface area contributed by atoms with Gasteiger partial charge in [-0.15, -0.1) is 0 Å². The van der Waals surface area contributed by atoms with Gasteiger partial charge in [-0.2, -0.15) is 0 Å². The zero-order valence-corrected chi connectivity index (χ0v) is 10.2. The summed E-state index contributed by atoms with van der Waals surface area (Å²) >= 11 is 0. The van der Waals surface area contributed by atoms with E-state index in [4.69, 9.17) is 5.73 Å². The third-order valence-corrected chi connectivity index (χ3v) is 3.05. The Labute approximate surface area is 102 Å². The summed E-state index contributed by atoms with van der Waals surface area (Å²) < 4.78 is 0. The van der Waals surface area contributed by atoms with Crippen LogP contribution < -0.4 is 16.0 Å². The van der Waals surface area contributed by atoms with Crippen molar-refractivity contribution in [2.24, 2.45) is 0 Å². The number of benzene rings is 1. The summed E-state index contributed by atoms with van der Waals surface area (Å²) in [6.45, 7) is 4.60. The number of carbonyl (C=O) groups excluding carboxylic acids is 1. The van der Waals surface area contributed by atoms with E-state index in [-0.39, 0.29) is 5.91 Å². The van der Waals surface area contributed by atoms with Crippen molar-refractivity contribution < 1.29 is 4.79 Å². The van der Waals surface area contributed by atoms with Crippen LogP contribution in [0.5, 0.6) is 0 Å². The van der Waals surface area contributed by atoms with Gasteiger partial charge in [0, 0.05) is 31.0 Å². The van der Waals surface area contributed by atoms with Crippen LogP contribution in [0.2, 0.25) is 0 Å². The van der Waals surface area contributed by atoms with Crippen LogP contribution in [0.15, 0.2) is 18.2 Å². The van der Waals surface area contributed by atoms with Crippen molar-refractivity contribution in [1.82, 2.24) is 5.32 Å². The highest BCUT2D eigenvalue weighted by Gasteiger charge is 2.19. The van der Waals surface area contributed by atoms with E-state index < -0.39 is 0 Å². The maximum Gasteiger partial charge on any atom is 0.253 e. The first-order chi connectivity index (χ1) is 8.22. The molecule has 1 fully saturated rings. The van der Waals surface area contributed by atoms with Gasteiger partial charge in [0.1, 0.15) is 0 Å². The minimum absolute atomic E-state index is 0.0401. The fourth-order valence-corrected chi connectivity index (χ4v) is 2.23. The van der Waals surface area contributed by atoms with Crippen LogP contribution in [0.25, 0.3) is 0 Å². The second-order valence-electron chi connectivity index (χ2n) is 4.33. The molecule has 17 heavy (non-hydrogen) atoms. The average molecular weight is 233 g/mol. The van der Waals surface area contributed by atoms with E-state index in [2.05, 4.69) is 10.2 Å². The van der Waals surface area contributed by atoms with Crippen LogP contribution in [-0.4, -0.2) is 25.5 Å². The molecular weight excluding hydrogens is 214 g/mol. The second kappa shape index (κ2) is 5.08. The molecular formula is C13H19N3O. The smallest absolute Gasteiger partial charge is 0.253 e. The van der Waals surface area contributed by atoms with Crippen molar-refractivity contribution in [2.75, 3.05) is 30.3 Å². The standard InChI is InChI=1S/C13H19N3O/c1-2-15-13(17)11-9-10(14)5-6-12(11)16-7-3-4-8-16/h5-6,9H,2-4,7-8,14H2,1H3,(H,15,17). The molecule has 0 bridgehead atoms. The van der Waals surface area contributed by atoms with E-state index in [1.165, 1.54) is 12.8 Å². The van der Waals surface area contributed by atoms with Crippen LogP contribution in [0.1, 0.15) is 30.1 Å². The topological polar surface area (TPSA) is 58.4 Å². The highest BCUT2D eigenvalue weighted by molar-refractivity contribution is 6.00. The van der Waals surface area contributed by atoms with Crippen molar-refractivity contribution in [3.63, 3.8) is 0 Å². The summed E-state index contributed by atoms with van der Waals surface area (Å²) in [5.41, 5.74) is 8.09. The number of nitrogen functional groups attached to an aromatic ring is 1. The fraction of sp³-hybridized carbons (Fsp3) is 0.462. The van der Waals surface area contributed by atoms with Crippen molar-refractivity contribution in [3.05, 3.63) is 23.8 Å². The summed E-state index contributed by atoms with van der Waals surface area (Å²) in [6.07, 6.45) is 2.39. The summed E-state index contributed by atoms with van der Waals surface area (Å²) in [6, 6.07) is 5.57. The van der Waals surface area contributed by atoms with Gasteiger partial charge in [0.25, 0.3) is 5.91 Å². The molecule has 1 amide bonds. The van der Waals surface area contributed by atoms with E-state index in [1.54, 1.807) is 6.07 Å². The lowest BCUT2D eigenvalue weighted by molar-refractivity contribution is 0.0956. The van der Waals surface area contributed by atoms with Crippen LogP contribution in [0.3, 0.4) is 0 Å². The highest BCUT2D eigenvalue weighted by atomic mass is 16.1. The lowest BCUT2D eigenvalue weighted by atomic mass is 10.1. The van der Waals surface area contributed by atoms with E-state index >= 15 is 0 Å². The summed E-state index contributed by atoms with van der Waals surface area (Å²) in [5.74, 6) is -0.0401. The normalized spacial score (nSPS) is 15.0. The molecule has 0 unspecified atom stereocenters. The fourth-order valence-electron chi connectivity index (χ4n) is 2.23. The third kappa shape index (κ3) is 2.52. The molecule has 1 heterocycles. The van der Waals surface area contributed by atoms with E-state index in [0.29, 0.717) is 17.8 Å². The van der Waals surface area contributed by atoms with Crippen LogP contribution in [0.4, 0.5) is 11.4 Å². The molecule has 2 rings (SSSR count). The predicted octanol–water partition coefficient (Wildman–Crippen LogP) is 1.62. The monoisotopic (exact) mass is 233 g/mol. The Morgan fingerprint density at radius 3 is 2.76 bits per heavy atom. The first kappa shape index (κ1) is 11.8. The van der Waals surface area contributed by atoms with Crippen molar-refractivity contribution in [1.29, 1.82) is 0 Å². The van der Waals surface area contributed by atoms with Gasteiger partial charge in [0.05, 0.1) is 5.56 Å². The molecule has 0 aromatic heterocycles. The predicted molar refractivity (Wildman–Crippen MR) is 70.3 cm³/mol. The first-order valence-electron chi connectivity index (χ1n) is 6.15. The quantitative estimate of drug-likeness (QED) is 0.780. The second-order valence-corrected chi connectivity index (χ2v) is 4.33. The summed E-state index contributed by atoms with van der Waals surface area (Å²) in [5, 5.41) is 2.83. The lowest BCUT2D eigenvalue weighted by Crippen LogP contribution is -2.27. The van der Waals surface area contributed by atoms with Gasteiger partial charge < -0.3 is 16.0 Å². The Hall–Kier alpha value is -1.71. The molecule has 0 aliphatic carbocycles. The number of nitrogens with zero attached hydrogens (tertiary/aromatic N) is 1. The largest absolute Gasteiger partial charge is 0.399 e. The van der Waals surface area contributed by atoms with Gasteiger partial charge in [0.2, 0.25) is 0 Å². The molecule has 1 aliphatic rings. The molecule has 4 heteroatoms. The number of hydrogen-bond donors (Lipinski definition) is 2. The number of hydrogen-bond acceptors (Lipinski definition) is 3. The zero-order valence-electron chi connectivity index (χ0n) is 10.2. The maximum absolute atomic E-state index is 12.0. The van der Waals surface area contributed by atoms with Gasteiger partial charge in [0.15, 0.2) is 0 Å². The Bertz CT molecular complexity index is 411.